The Morgan fingerprint density at radius 2 is 2.32 bits per heavy atom. The molecule has 1 aliphatic heterocycles. The van der Waals surface area contributed by atoms with Crippen LogP contribution in [0.25, 0.3) is 10.1 Å². The number of likely N-dealkylation sites (N-methyl/N-ethyl adjacent to an activating group) is 1. The van der Waals surface area contributed by atoms with E-state index >= 15 is 0 Å². The number of amides is 1. The molecule has 1 unspecified atom stereocenters. The number of nitrogens with zero attached hydrogens (tertiary/aromatic N) is 1. The van der Waals surface area contributed by atoms with E-state index in [0.29, 0.717) is 6.54 Å². The lowest BCUT2D eigenvalue weighted by molar-refractivity contribution is -0.131. The molecular formula is C14H16N2OS2. The first-order valence-electron chi connectivity index (χ1n) is 6.27. The van der Waals surface area contributed by atoms with Gasteiger partial charge in [-0.15, -0.1) is 23.1 Å². The minimum atomic E-state index is -0.0140. The largest absolute Gasteiger partial charge is 0.340 e. The Morgan fingerprint density at radius 1 is 1.47 bits per heavy atom. The number of carbonyl (C=O) groups is 1. The smallest absolute Gasteiger partial charge is 0.240 e. The zero-order chi connectivity index (χ0) is 13.2. The van der Waals surface area contributed by atoms with Gasteiger partial charge in [0.05, 0.1) is 6.04 Å². The molecule has 100 valence electrons. The highest BCUT2D eigenvalue weighted by molar-refractivity contribution is 7.99. The van der Waals surface area contributed by atoms with Gasteiger partial charge >= 0.3 is 0 Å². The first kappa shape index (κ1) is 13.0. The Bertz CT molecular complexity index is 590. The molecule has 1 aromatic heterocycles. The molecule has 0 aliphatic carbocycles. The van der Waals surface area contributed by atoms with Crippen molar-refractivity contribution in [3.8, 4) is 0 Å². The number of rotatable bonds is 3. The molecule has 0 saturated carbocycles. The molecule has 5 heteroatoms. The predicted octanol–water partition coefficient (Wildman–Crippen LogP) is 2.52. The number of thioether (sulfide) groups is 1. The highest BCUT2D eigenvalue weighted by Gasteiger charge is 2.25. The van der Waals surface area contributed by atoms with E-state index in [0.717, 1.165) is 11.6 Å². The first-order valence-corrected chi connectivity index (χ1v) is 8.30. The Labute approximate surface area is 121 Å². The summed E-state index contributed by atoms with van der Waals surface area (Å²) in [5, 5.41) is 6.65. The molecule has 0 bridgehead atoms. The summed E-state index contributed by atoms with van der Waals surface area (Å²) in [7, 11) is 1.89. The van der Waals surface area contributed by atoms with Crippen LogP contribution in [-0.2, 0) is 11.3 Å². The summed E-state index contributed by atoms with van der Waals surface area (Å²) in [6.45, 7) is 0.686. The van der Waals surface area contributed by atoms with Crippen molar-refractivity contribution < 1.29 is 4.79 Å². The first-order chi connectivity index (χ1) is 9.25. The standard InChI is InChI=1S/C14H16N2OS2/c1-16(14(17)12-8-18-9-15-12)6-10-7-19-13-5-3-2-4-11(10)13/h2-5,7,12,15H,6,8-9H2,1H3. The maximum atomic E-state index is 12.3. The third-order valence-electron chi connectivity index (χ3n) is 3.36. The van der Waals surface area contributed by atoms with Gasteiger partial charge in [-0.2, -0.15) is 0 Å². The van der Waals surface area contributed by atoms with E-state index in [-0.39, 0.29) is 11.9 Å². The highest BCUT2D eigenvalue weighted by atomic mass is 32.2. The molecule has 0 spiro atoms. The molecule has 0 radical (unpaired) electrons. The molecule has 1 aromatic carbocycles. The van der Waals surface area contributed by atoms with Crippen LogP contribution in [0.5, 0.6) is 0 Å². The molecule has 1 saturated heterocycles. The third-order valence-corrected chi connectivity index (χ3v) is 5.31. The summed E-state index contributed by atoms with van der Waals surface area (Å²) in [5.41, 5.74) is 1.24. The summed E-state index contributed by atoms with van der Waals surface area (Å²) in [5.74, 6) is 1.96. The molecular weight excluding hydrogens is 276 g/mol. The van der Waals surface area contributed by atoms with Gasteiger partial charge in [-0.1, -0.05) is 18.2 Å². The topological polar surface area (TPSA) is 32.3 Å². The predicted molar refractivity (Wildman–Crippen MR) is 82.5 cm³/mol. The second kappa shape index (κ2) is 5.53. The van der Waals surface area contributed by atoms with Crippen LogP contribution in [0.4, 0.5) is 0 Å². The normalized spacial score (nSPS) is 18.9. The SMILES string of the molecule is CN(Cc1csc2ccccc12)C(=O)C1CSCN1. The minimum absolute atomic E-state index is 0.0140. The van der Waals surface area contributed by atoms with E-state index < -0.39 is 0 Å². The zero-order valence-corrected chi connectivity index (χ0v) is 12.4. The maximum absolute atomic E-state index is 12.3. The Kier molecular flexibility index (Phi) is 3.77. The van der Waals surface area contributed by atoms with Gasteiger partial charge in [0.2, 0.25) is 5.91 Å². The van der Waals surface area contributed by atoms with Crippen LogP contribution < -0.4 is 5.32 Å². The van der Waals surface area contributed by atoms with Gasteiger partial charge in [-0.3, -0.25) is 10.1 Å². The number of nitrogens with one attached hydrogen (secondary N) is 1. The molecule has 2 aromatic rings. The van der Waals surface area contributed by atoms with Crippen molar-refractivity contribution in [2.45, 2.75) is 12.6 Å². The van der Waals surface area contributed by atoms with E-state index in [9.17, 15) is 4.79 Å². The number of thiophene rings is 1. The lowest BCUT2D eigenvalue weighted by Gasteiger charge is -2.20. The van der Waals surface area contributed by atoms with Crippen molar-refractivity contribution in [2.24, 2.45) is 0 Å². The molecule has 1 N–H and O–H groups in total. The fourth-order valence-corrected chi connectivity index (χ4v) is 4.20. The van der Waals surface area contributed by atoms with Crippen molar-refractivity contribution in [1.82, 2.24) is 10.2 Å². The van der Waals surface area contributed by atoms with Gasteiger partial charge < -0.3 is 4.90 Å². The van der Waals surface area contributed by atoms with Crippen LogP contribution in [0, 0.1) is 0 Å². The van der Waals surface area contributed by atoms with Crippen LogP contribution in [0.1, 0.15) is 5.56 Å². The summed E-state index contributed by atoms with van der Waals surface area (Å²) in [6.07, 6.45) is 0. The van der Waals surface area contributed by atoms with Crippen LogP contribution in [0.2, 0.25) is 0 Å². The molecule has 1 fully saturated rings. The van der Waals surface area contributed by atoms with Crippen molar-refractivity contribution in [3.05, 3.63) is 35.2 Å². The van der Waals surface area contributed by atoms with Gasteiger partial charge in [0.25, 0.3) is 0 Å². The van der Waals surface area contributed by atoms with Crippen molar-refractivity contribution in [3.63, 3.8) is 0 Å². The molecule has 3 rings (SSSR count). The lowest BCUT2D eigenvalue weighted by Crippen LogP contribution is -2.42. The summed E-state index contributed by atoms with van der Waals surface area (Å²) >= 11 is 3.52. The number of fused-ring (bicyclic) bond motifs is 1. The Hall–Kier alpha value is -1.04. The fraction of sp³-hybridized carbons (Fsp3) is 0.357. The Balaban J connectivity index is 1.75. The van der Waals surface area contributed by atoms with Crippen molar-refractivity contribution in [1.29, 1.82) is 0 Å². The molecule has 2 heterocycles. The zero-order valence-electron chi connectivity index (χ0n) is 10.8. The van der Waals surface area contributed by atoms with E-state index in [1.54, 1.807) is 23.1 Å². The van der Waals surface area contributed by atoms with Crippen LogP contribution in [-0.4, -0.2) is 35.5 Å². The minimum Gasteiger partial charge on any atom is -0.340 e. The molecule has 19 heavy (non-hydrogen) atoms. The molecule has 1 aliphatic rings. The molecule has 1 atom stereocenters. The average Bonchev–Trinajstić information content (AvgIpc) is 3.08. The summed E-state index contributed by atoms with van der Waals surface area (Å²) in [6, 6.07) is 8.34. The second-order valence-electron chi connectivity index (χ2n) is 4.72. The van der Waals surface area contributed by atoms with E-state index in [1.165, 1.54) is 15.6 Å². The van der Waals surface area contributed by atoms with Gasteiger partial charge in [0, 0.05) is 29.9 Å². The van der Waals surface area contributed by atoms with E-state index in [1.807, 2.05) is 11.9 Å². The lowest BCUT2D eigenvalue weighted by atomic mass is 10.1. The quantitative estimate of drug-likeness (QED) is 0.943. The van der Waals surface area contributed by atoms with Gasteiger partial charge in [0.15, 0.2) is 0 Å². The second-order valence-corrected chi connectivity index (χ2v) is 6.66. The highest BCUT2D eigenvalue weighted by Crippen LogP contribution is 2.26. The fourth-order valence-electron chi connectivity index (χ4n) is 2.31. The van der Waals surface area contributed by atoms with E-state index in [2.05, 4.69) is 35.0 Å². The van der Waals surface area contributed by atoms with Crippen molar-refractivity contribution in [2.75, 3.05) is 18.7 Å². The van der Waals surface area contributed by atoms with Crippen molar-refractivity contribution >= 4 is 39.1 Å². The van der Waals surface area contributed by atoms with Crippen LogP contribution >= 0.6 is 23.1 Å². The molecule has 1 amide bonds. The summed E-state index contributed by atoms with van der Waals surface area (Å²) in [4.78, 5) is 14.1. The summed E-state index contributed by atoms with van der Waals surface area (Å²) < 4.78 is 1.29. The third kappa shape index (κ3) is 2.63. The van der Waals surface area contributed by atoms with Crippen LogP contribution in [0.3, 0.4) is 0 Å². The molecule has 3 nitrogen and oxygen atoms in total. The number of hydrogen-bond acceptors (Lipinski definition) is 4. The van der Waals surface area contributed by atoms with Crippen LogP contribution in [0.15, 0.2) is 29.6 Å². The van der Waals surface area contributed by atoms with E-state index in [4.69, 9.17) is 0 Å². The van der Waals surface area contributed by atoms with Gasteiger partial charge in [-0.05, 0) is 22.4 Å². The number of benzene rings is 1. The average molecular weight is 292 g/mol. The number of carbonyl (C=O) groups excluding carboxylic acids is 1. The monoisotopic (exact) mass is 292 g/mol. The van der Waals surface area contributed by atoms with Gasteiger partial charge in [-0.25, -0.2) is 0 Å². The number of hydrogen-bond donors (Lipinski definition) is 1. The maximum Gasteiger partial charge on any atom is 0.240 e. The van der Waals surface area contributed by atoms with Gasteiger partial charge in [0.1, 0.15) is 0 Å². The Morgan fingerprint density at radius 3 is 3.11 bits per heavy atom.